The first-order valence-corrected chi connectivity index (χ1v) is 5.88. The number of nitrogens with zero attached hydrogens (tertiary/aromatic N) is 1. The van der Waals surface area contributed by atoms with Crippen LogP contribution in [0.15, 0.2) is 0 Å². The van der Waals surface area contributed by atoms with Crippen molar-refractivity contribution in [2.75, 3.05) is 19.6 Å². The van der Waals surface area contributed by atoms with Crippen molar-refractivity contribution in [3.05, 3.63) is 0 Å². The van der Waals surface area contributed by atoms with Crippen LogP contribution >= 0.6 is 16.1 Å². The van der Waals surface area contributed by atoms with Crippen LogP contribution in [0.2, 0.25) is 0 Å². The number of hydrogen-bond acceptors (Lipinski definition) is 2. The van der Waals surface area contributed by atoms with Crippen molar-refractivity contribution in [2.45, 2.75) is 32.2 Å². The molecular weight excluding hydrogens is 246 g/mol. The zero-order valence-electron chi connectivity index (χ0n) is 8.55. The van der Waals surface area contributed by atoms with Crippen molar-refractivity contribution in [2.24, 2.45) is 0 Å². The largest absolute Gasteiger partial charge is 0.338 e. The molecule has 0 spiro atoms. The van der Waals surface area contributed by atoms with Gasteiger partial charge in [0, 0.05) is 41.8 Å². The highest BCUT2D eigenvalue weighted by atomic mass is 79.9. The number of piperidine rings is 1. The molecule has 1 aliphatic heterocycles. The smallest absolute Gasteiger partial charge is 0.315 e. The number of nitrogens with one attached hydrogen (secondary N) is 2. The van der Waals surface area contributed by atoms with Crippen molar-refractivity contribution in [3.63, 3.8) is 0 Å². The summed E-state index contributed by atoms with van der Waals surface area (Å²) in [6.07, 6.45) is 3.02. The number of hydrogen-bond donors (Lipinski definition) is 2. The summed E-state index contributed by atoms with van der Waals surface area (Å²) in [5, 5.41) is 5.79. The van der Waals surface area contributed by atoms with Crippen molar-refractivity contribution in [3.8, 4) is 0 Å². The van der Waals surface area contributed by atoms with E-state index in [0.29, 0.717) is 6.04 Å². The maximum Gasteiger partial charge on any atom is 0.315 e. The molecule has 82 valence electrons. The van der Waals surface area contributed by atoms with E-state index in [9.17, 15) is 4.79 Å². The van der Waals surface area contributed by atoms with E-state index in [4.69, 9.17) is 0 Å². The van der Waals surface area contributed by atoms with Gasteiger partial charge in [-0.2, -0.15) is 0 Å². The highest BCUT2D eigenvalue weighted by molar-refractivity contribution is 9.07. The van der Waals surface area contributed by atoms with E-state index in [-0.39, 0.29) is 6.03 Å². The van der Waals surface area contributed by atoms with Crippen LogP contribution in [-0.2, 0) is 0 Å². The predicted octanol–water partition coefficient (Wildman–Crippen LogP) is 1.47. The first-order valence-electron chi connectivity index (χ1n) is 5.17. The fourth-order valence-electron chi connectivity index (χ4n) is 1.47. The third-order valence-corrected chi connectivity index (χ3v) is 3.02. The molecule has 0 atom stereocenters. The number of urea groups is 1. The first kappa shape index (κ1) is 11.8. The van der Waals surface area contributed by atoms with Crippen molar-refractivity contribution in [1.29, 1.82) is 0 Å². The van der Waals surface area contributed by atoms with Gasteiger partial charge in [0.05, 0.1) is 0 Å². The summed E-state index contributed by atoms with van der Waals surface area (Å²) in [7, 11) is 0. The van der Waals surface area contributed by atoms with Crippen LogP contribution in [0.4, 0.5) is 4.79 Å². The van der Waals surface area contributed by atoms with Gasteiger partial charge in [-0.25, -0.2) is 8.72 Å². The van der Waals surface area contributed by atoms with Crippen molar-refractivity contribution < 1.29 is 4.79 Å². The molecule has 1 saturated heterocycles. The Hall–Kier alpha value is -0.290. The lowest BCUT2D eigenvalue weighted by Crippen LogP contribution is -2.46. The normalized spacial score (nSPS) is 19.3. The Bertz CT molecular complexity index is 181. The van der Waals surface area contributed by atoms with E-state index >= 15 is 0 Å². The average molecular weight is 264 g/mol. The molecule has 1 aliphatic rings. The molecular formula is C9H18BrN3O. The molecule has 0 bridgehead atoms. The number of amides is 2. The quantitative estimate of drug-likeness (QED) is 0.758. The van der Waals surface area contributed by atoms with Gasteiger partial charge in [0.1, 0.15) is 0 Å². The highest BCUT2D eigenvalue weighted by Crippen LogP contribution is 2.12. The second-order valence-electron chi connectivity index (χ2n) is 3.58. The Labute approximate surface area is 93.8 Å². The molecule has 4 nitrogen and oxygen atoms in total. The summed E-state index contributed by atoms with van der Waals surface area (Å²) < 4.78 is 2.11. The van der Waals surface area contributed by atoms with Crippen LogP contribution < -0.4 is 10.6 Å². The molecule has 0 radical (unpaired) electrons. The Balaban J connectivity index is 2.14. The zero-order chi connectivity index (χ0) is 10.4. The van der Waals surface area contributed by atoms with Gasteiger partial charge in [-0.05, 0) is 19.3 Å². The second kappa shape index (κ2) is 6.24. The molecule has 0 saturated carbocycles. The molecule has 0 aliphatic carbocycles. The van der Waals surface area contributed by atoms with Crippen molar-refractivity contribution >= 4 is 22.2 Å². The van der Waals surface area contributed by atoms with Crippen LogP contribution in [0, 0.1) is 0 Å². The van der Waals surface area contributed by atoms with Gasteiger partial charge in [0.25, 0.3) is 0 Å². The molecule has 0 aromatic carbocycles. The van der Waals surface area contributed by atoms with Crippen molar-refractivity contribution in [1.82, 2.24) is 14.6 Å². The van der Waals surface area contributed by atoms with E-state index in [1.807, 2.05) is 6.92 Å². The number of rotatable bonds is 3. The minimum atomic E-state index is -0.0279. The molecule has 2 N–H and O–H groups in total. The summed E-state index contributed by atoms with van der Waals surface area (Å²) in [5.74, 6) is 0. The van der Waals surface area contributed by atoms with E-state index in [2.05, 4.69) is 30.7 Å². The monoisotopic (exact) mass is 263 g/mol. The summed E-state index contributed by atoms with van der Waals surface area (Å²) in [5.41, 5.74) is 0. The lowest BCUT2D eigenvalue weighted by atomic mass is 10.1. The minimum Gasteiger partial charge on any atom is -0.338 e. The number of carbonyl (C=O) groups is 1. The molecule has 0 aromatic heterocycles. The molecule has 14 heavy (non-hydrogen) atoms. The molecule has 2 amide bonds. The van der Waals surface area contributed by atoms with Gasteiger partial charge in [-0.3, -0.25) is 0 Å². The summed E-state index contributed by atoms with van der Waals surface area (Å²) >= 11 is 3.43. The van der Waals surface area contributed by atoms with Crippen LogP contribution in [0.1, 0.15) is 26.2 Å². The minimum absolute atomic E-state index is 0.0279. The molecule has 5 heteroatoms. The van der Waals surface area contributed by atoms with Gasteiger partial charge in [-0.1, -0.05) is 6.92 Å². The lowest BCUT2D eigenvalue weighted by molar-refractivity contribution is 0.229. The maximum absolute atomic E-state index is 11.3. The van der Waals surface area contributed by atoms with E-state index in [1.165, 1.54) is 0 Å². The lowest BCUT2D eigenvalue weighted by Gasteiger charge is -2.27. The van der Waals surface area contributed by atoms with Gasteiger partial charge < -0.3 is 10.6 Å². The zero-order valence-corrected chi connectivity index (χ0v) is 10.1. The van der Waals surface area contributed by atoms with Gasteiger partial charge in [0.2, 0.25) is 0 Å². The summed E-state index contributed by atoms with van der Waals surface area (Å²) in [6.45, 7) is 4.80. The fourth-order valence-corrected chi connectivity index (χ4v) is 1.88. The molecule has 1 fully saturated rings. The van der Waals surface area contributed by atoms with Gasteiger partial charge >= 0.3 is 6.03 Å². The third-order valence-electron chi connectivity index (χ3n) is 2.31. The van der Waals surface area contributed by atoms with Gasteiger partial charge in [-0.15, -0.1) is 0 Å². The molecule has 1 heterocycles. The topological polar surface area (TPSA) is 44.4 Å². The van der Waals surface area contributed by atoms with Crippen LogP contribution in [0.25, 0.3) is 0 Å². The maximum atomic E-state index is 11.3. The Morgan fingerprint density at radius 1 is 1.50 bits per heavy atom. The number of halogens is 1. The molecule has 0 unspecified atom stereocenters. The SMILES string of the molecule is CCCNC(=O)NC1CCN(Br)CC1. The number of carbonyl (C=O) groups excluding carboxylic acids is 1. The Kier molecular flexibility index (Phi) is 5.25. The Morgan fingerprint density at radius 2 is 2.14 bits per heavy atom. The molecule has 1 rings (SSSR count). The average Bonchev–Trinajstić information content (AvgIpc) is 2.18. The summed E-state index contributed by atoms with van der Waals surface area (Å²) in [4.78, 5) is 11.3. The van der Waals surface area contributed by atoms with Crippen LogP contribution in [0.5, 0.6) is 0 Å². The van der Waals surface area contributed by atoms with E-state index < -0.39 is 0 Å². The standard InChI is InChI=1S/C9H18BrN3O/c1-2-5-11-9(14)12-8-3-6-13(10)7-4-8/h8H,2-7H2,1H3,(H2,11,12,14). The van der Waals surface area contributed by atoms with E-state index in [0.717, 1.165) is 38.9 Å². The van der Waals surface area contributed by atoms with Crippen LogP contribution in [0.3, 0.4) is 0 Å². The Morgan fingerprint density at radius 3 is 2.71 bits per heavy atom. The fraction of sp³-hybridized carbons (Fsp3) is 0.889. The van der Waals surface area contributed by atoms with E-state index in [1.54, 1.807) is 0 Å². The summed E-state index contributed by atoms with van der Waals surface area (Å²) in [6, 6.07) is 0.306. The van der Waals surface area contributed by atoms with Gasteiger partial charge in [0.15, 0.2) is 0 Å². The first-order chi connectivity index (χ1) is 6.72. The third kappa shape index (κ3) is 4.28. The van der Waals surface area contributed by atoms with Crippen LogP contribution in [-0.4, -0.2) is 35.6 Å². The predicted molar refractivity (Wildman–Crippen MR) is 60.3 cm³/mol. The molecule has 0 aromatic rings. The second-order valence-corrected chi connectivity index (χ2v) is 4.59. The highest BCUT2D eigenvalue weighted by Gasteiger charge is 2.18.